The highest BCUT2D eigenvalue weighted by molar-refractivity contribution is 7.86. The highest BCUT2D eigenvalue weighted by Gasteiger charge is 2.48. The van der Waals surface area contributed by atoms with E-state index in [2.05, 4.69) is 0 Å². The molecule has 408 valence electrons. The Labute approximate surface area is 432 Å². The van der Waals surface area contributed by atoms with Crippen LogP contribution in [0.5, 0.6) is 0 Å². The molecule has 2 amide bonds. The van der Waals surface area contributed by atoms with Crippen LogP contribution in [0.1, 0.15) is 63.5 Å². The first kappa shape index (κ1) is 59.8. The second kappa shape index (κ2) is 27.1. The molecular formula is C49H66N3O19S3+. The van der Waals surface area contributed by atoms with Crippen molar-refractivity contribution in [3.8, 4) is 0 Å². The topological polar surface area (TPSA) is 288 Å². The van der Waals surface area contributed by atoms with Gasteiger partial charge in [0.15, 0.2) is 12.3 Å². The van der Waals surface area contributed by atoms with Gasteiger partial charge >= 0.3 is 5.97 Å². The van der Waals surface area contributed by atoms with E-state index < -0.39 is 64.7 Å². The van der Waals surface area contributed by atoms with E-state index in [1.54, 1.807) is 56.7 Å². The summed E-state index contributed by atoms with van der Waals surface area (Å²) in [5, 5.41) is 0.475. The molecule has 1 saturated heterocycles. The van der Waals surface area contributed by atoms with Crippen LogP contribution in [0.25, 0.3) is 0 Å². The predicted molar refractivity (Wildman–Crippen MR) is 269 cm³/mol. The fourth-order valence-corrected chi connectivity index (χ4v) is 10.4. The van der Waals surface area contributed by atoms with Crippen molar-refractivity contribution < 1.29 is 91.1 Å². The summed E-state index contributed by atoms with van der Waals surface area (Å²) >= 11 is 0. The molecule has 3 aliphatic rings. The number of fused-ring (bicyclic) bond motifs is 2. The van der Waals surface area contributed by atoms with Gasteiger partial charge in [0, 0.05) is 74.7 Å². The Morgan fingerprint density at radius 3 is 1.88 bits per heavy atom. The number of anilines is 1. The number of hydrogen-bond acceptors (Lipinski definition) is 17. The number of ether oxygens (including phenoxy) is 6. The fraction of sp³-hybridized carbons (Fsp3) is 0.510. The third-order valence-corrected chi connectivity index (χ3v) is 15.1. The quantitative estimate of drug-likeness (QED) is 0.0303. The second-order valence-corrected chi connectivity index (χ2v) is 22.1. The Kier molecular flexibility index (Phi) is 22.0. The van der Waals surface area contributed by atoms with Gasteiger partial charge in [0.05, 0.1) is 80.2 Å². The lowest BCUT2D eigenvalue weighted by atomic mass is 9.76. The number of amides is 2. The van der Waals surface area contributed by atoms with Gasteiger partial charge in [-0.2, -0.15) is 29.8 Å². The van der Waals surface area contributed by atoms with Crippen LogP contribution in [-0.2, 0) is 88.8 Å². The van der Waals surface area contributed by atoms with Gasteiger partial charge in [0.25, 0.3) is 42.2 Å². The van der Waals surface area contributed by atoms with Crippen molar-refractivity contribution in [2.75, 3.05) is 104 Å². The molecule has 3 N–H and O–H groups in total. The van der Waals surface area contributed by atoms with Crippen molar-refractivity contribution in [3.05, 3.63) is 95.8 Å². The first-order chi connectivity index (χ1) is 35.0. The molecule has 22 nitrogen and oxygen atoms in total. The molecule has 2 atom stereocenters. The largest absolute Gasteiger partial charge is 0.385 e. The highest BCUT2D eigenvalue weighted by Crippen LogP contribution is 2.51. The van der Waals surface area contributed by atoms with E-state index in [-0.39, 0.29) is 74.9 Å². The maximum Gasteiger partial charge on any atom is 0.335 e. The maximum absolute atomic E-state index is 12.3. The van der Waals surface area contributed by atoms with E-state index >= 15 is 0 Å². The average Bonchev–Trinajstić information content (AvgIpc) is 3.86. The molecule has 0 spiro atoms. The Bertz CT molecular complexity index is 2810. The summed E-state index contributed by atoms with van der Waals surface area (Å²) in [7, 11) is -10.4. The minimum atomic E-state index is -4.61. The molecule has 3 aliphatic heterocycles. The van der Waals surface area contributed by atoms with Crippen molar-refractivity contribution in [2.45, 2.75) is 73.0 Å². The molecule has 25 heteroatoms. The molecule has 2 unspecified atom stereocenters. The van der Waals surface area contributed by atoms with E-state index in [9.17, 15) is 53.3 Å². The normalized spacial score (nSPS) is 19.9. The van der Waals surface area contributed by atoms with Gasteiger partial charge in [0.1, 0.15) is 6.61 Å². The Balaban J connectivity index is 1.36. The summed E-state index contributed by atoms with van der Waals surface area (Å²) < 4.78 is 138. The second-order valence-electron chi connectivity index (χ2n) is 17.7. The number of methoxy groups -OCH3 is 2. The monoisotopic (exact) mass is 1100 g/mol. The number of nitrogens with zero attached hydrogens (tertiary/aromatic N) is 3. The van der Waals surface area contributed by atoms with Crippen molar-refractivity contribution in [2.24, 2.45) is 0 Å². The maximum atomic E-state index is 12.3. The molecule has 2 aromatic carbocycles. The number of carbonyl (C=O) groups is 3. The van der Waals surface area contributed by atoms with Crippen LogP contribution in [0, 0.1) is 0 Å². The number of rotatable bonds is 32. The molecule has 3 heterocycles. The van der Waals surface area contributed by atoms with E-state index in [0.29, 0.717) is 85.8 Å². The molecule has 0 bridgehead atoms. The van der Waals surface area contributed by atoms with Crippen molar-refractivity contribution >= 4 is 65.2 Å². The van der Waals surface area contributed by atoms with Crippen LogP contribution in [0.2, 0.25) is 0 Å². The summed E-state index contributed by atoms with van der Waals surface area (Å²) in [4.78, 5) is 41.8. The summed E-state index contributed by atoms with van der Waals surface area (Å²) in [6, 6.07) is 8.63. The lowest BCUT2D eigenvalue weighted by Gasteiger charge is -2.30. The van der Waals surface area contributed by atoms with E-state index in [1.807, 2.05) is 35.5 Å². The zero-order valence-corrected chi connectivity index (χ0v) is 44.3. The van der Waals surface area contributed by atoms with Crippen LogP contribution >= 0.6 is 0 Å². The van der Waals surface area contributed by atoms with Crippen LogP contribution in [0.3, 0.4) is 0 Å². The van der Waals surface area contributed by atoms with Crippen LogP contribution < -0.4 is 4.90 Å². The Morgan fingerprint density at radius 2 is 1.24 bits per heavy atom. The van der Waals surface area contributed by atoms with Gasteiger partial charge in [-0.1, -0.05) is 30.4 Å². The van der Waals surface area contributed by atoms with E-state index in [1.165, 1.54) is 24.3 Å². The molecule has 0 radical (unpaired) electrons. The average molecular weight is 1100 g/mol. The Morgan fingerprint density at radius 1 is 0.676 bits per heavy atom. The fourth-order valence-electron chi connectivity index (χ4n) is 8.85. The van der Waals surface area contributed by atoms with E-state index in [0.717, 1.165) is 5.70 Å². The van der Waals surface area contributed by atoms with Gasteiger partial charge in [-0.3, -0.25) is 23.2 Å². The van der Waals surface area contributed by atoms with Crippen molar-refractivity contribution in [3.63, 3.8) is 0 Å². The van der Waals surface area contributed by atoms with Gasteiger partial charge < -0.3 is 38.2 Å². The van der Waals surface area contributed by atoms with Gasteiger partial charge in [0.2, 0.25) is 5.69 Å². The predicted octanol–water partition coefficient (Wildman–Crippen LogP) is 4.28. The van der Waals surface area contributed by atoms with Crippen LogP contribution in [0.4, 0.5) is 11.4 Å². The number of carbonyl (C=O) groups excluding carboxylic acids is 3. The van der Waals surface area contributed by atoms with Gasteiger partial charge in [-0.15, -0.1) is 5.06 Å². The summed E-state index contributed by atoms with van der Waals surface area (Å²) in [6.45, 7) is 6.81. The number of imide groups is 1. The minimum absolute atomic E-state index is 0.0152. The zero-order valence-electron chi connectivity index (χ0n) is 41.9. The third-order valence-electron chi connectivity index (χ3n) is 12.6. The van der Waals surface area contributed by atoms with Crippen LogP contribution in [0.15, 0.2) is 94.4 Å². The number of benzene rings is 2. The molecule has 0 aromatic heterocycles. The first-order valence-electron chi connectivity index (χ1n) is 23.7. The van der Waals surface area contributed by atoms with Crippen molar-refractivity contribution in [1.29, 1.82) is 0 Å². The smallest absolute Gasteiger partial charge is 0.335 e. The molecule has 0 aliphatic carbocycles. The zero-order chi connectivity index (χ0) is 54.2. The molecule has 2 aromatic rings. The SMILES string of the molecule is COCCOCCOCC[N+]1=C(C=CC=CC=CC=C2N(CCOCCOCCC(=O)ON3C(=O)CCC3=O)c3ccc(S(=O)(=O)O)cc3C2(C)CCOC)C(C)(CCCS(=O)(=O)O)c2cc(S(=O)(=O)O)ccc21. The summed E-state index contributed by atoms with van der Waals surface area (Å²) in [5.41, 5.74) is 2.11. The first-order valence-corrected chi connectivity index (χ1v) is 28.2. The van der Waals surface area contributed by atoms with E-state index in [4.69, 9.17) is 33.3 Å². The van der Waals surface area contributed by atoms with Crippen LogP contribution in [-0.4, -0.2) is 171 Å². The lowest BCUT2D eigenvalue weighted by molar-refractivity contribution is -0.442. The van der Waals surface area contributed by atoms with Gasteiger partial charge in [-0.25, -0.2) is 4.79 Å². The highest BCUT2D eigenvalue weighted by atomic mass is 32.2. The minimum Gasteiger partial charge on any atom is -0.385 e. The third kappa shape index (κ3) is 16.2. The van der Waals surface area contributed by atoms with Gasteiger partial charge in [-0.05, 0) is 75.1 Å². The summed E-state index contributed by atoms with van der Waals surface area (Å²) in [5.74, 6) is -2.48. The molecular weight excluding hydrogens is 1030 g/mol. The number of hydroxylamine groups is 2. The molecule has 5 rings (SSSR count). The standard InChI is InChI=1S/C49H65N3O19S3/c1-48(20-10-34-72(56,57)58)39-35-37(73(59,60)61)13-15-41(39)50(22-26-69-32-33-70-29-28-66-4)43(48)11-8-6-5-7-9-12-44-49(2,21-25-65-3)40-36-38(74(62,63)64)14-16-42(40)51(44)23-27-68-31-30-67-24-19-47(55)71-52-45(53)17-18-46(52)54/h5-9,11-16,35-36H,10,17-34H2,1-4H3,(H2-,56,57,58,59,60,61,62,63,64)/p+1. The Hall–Kier alpha value is -5.03. The summed E-state index contributed by atoms with van der Waals surface area (Å²) in [6.07, 6.45) is 13.0. The molecule has 1 fully saturated rings. The lowest BCUT2D eigenvalue weighted by Crippen LogP contribution is -2.32. The molecule has 74 heavy (non-hydrogen) atoms. The van der Waals surface area contributed by atoms with Crippen molar-refractivity contribution in [1.82, 2.24) is 5.06 Å². The molecule has 0 saturated carbocycles. The number of allylic oxidation sites excluding steroid dienone is 8. The number of hydrogen-bond donors (Lipinski definition) is 3.